The van der Waals surface area contributed by atoms with Crippen molar-refractivity contribution < 1.29 is 19.9 Å². The van der Waals surface area contributed by atoms with Crippen LogP contribution in [-0.2, 0) is 0 Å². The van der Waals surface area contributed by atoms with Crippen LogP contribution < -0.4 is 10.5 Å². The van der Waals surface area contributed by atoms with Crippen LogP contribution in [0.15, 0.2) is 24.3 Å². The van der Waals surface area contributed by atoms with E-state index >= 15 is 0 Å². The number of rotatable bonds is 5. The van der Waals surface area contributed by atoms with Gasteiger partial charge in [0.2, 0.25) is 0 Å². The number of nitrogens with zero attached hydrogens (tertiary/aromatic N) is 1. The monoisotopic (exact) mass is 244 g/mol. The van der Waals surface area contributed by atoms with Gasteiger partial charge in [0.1, 0.15) is 12.7 Å². The first-order valence-electron chi connectivity index (χ1n) is 4.88. The molecule has 4 N–H and O–H groups in total. The van der Waals surface area contributed by atoms with Crippen molar-refractivity contribution in [3.8, 4) is 5.75 Å². The molecular weight excluding hydrogens is 228 g/mol. The van der Waals surface area contributed by atoms with Crippen molar-refractivity contribution in [3.05, 3.63) is 34.4 Å². The van der Waals surface area contributed by atoms with Crippen LogP contribution >= 0.6 is 0 Å². The number of hydrogen-bond donors (Lipinski definition) is 3. The van der Waals surface area contributed by atoms with E-state index < -0.39 is 17.6 Å². The molecule has 7 nitrogen and oxygen atoms in total. The maximum absolute atomic E-state index is 10.5. The minimum Gasteiger partial charge on any atom is -0.484 e. The Bertz CT molecular complexity index is 345. The fourth-order valence-electron chi connectivity index (χ4n) is 0.969. The maximum atomic E-state index is 10.5. The van der Waals surface area contributed by atoms with Gasteiger partial charge in [0.25, 0.3) is 0 Å². The molecule has 96 valence electrons. The van der Waals surface area contributed by atoms with E-state index in [1.807, 2.05) is 0 Å². The van der Waals surface area contributed by atoms with E-state index in [-0.39, 0.29) is 18.0 Å². The second kappa shape index (κ2) is 8.45. The Morgan fingerprint density at radius 3 is 2.59 bits per heavy atom. The minimum atomic E-state index is -1.04. The SMILES string of the molecule is CN.O=[N+]([O-])c1ccccc1OCC(O)CO. The summed E-state index contributed by atoms with van der Waals surface area (Å²) in [6.07, 6.45) is -1.04. The maximum Gasteiger partial charge on any atom is 0.310 e. The molecule has 0 heterocycles. The number of nitrogens with two attached hydrogens (primary N) is 1. The average molecular weight is 244 g/mol. The van der Waals surface area contributed by atoms with Crippen LogP contribution in [0.1, 0.15) is 0 Å². The predicted octanol–water partition coefficient (Wildman–Crippen LogP) is -0.0983. The molecule has 0 radical (unpaired) electrons. The van der Waals surface area contributed by atoms with Gasteiger partial charge < -0.3 is 20.7 Å². The van der Waals surface area contributed by atoms with Crippen molar-refractivity contribution in [2.24, 2.45) is 5.73 Å². The van der Waals surface area contributed by atoms with E-state index in [0.717, 1.165) is 0 Å². The Morgan fingerprint density at radius 1 is 1.47 bits per heavy atom. The van der Waals surface area contributed by atoms with Gasteiger partial charge in [-0.25, -0.2) is 0 Å². The first-order chi connectivity index (χ1) is 8.15. The van der Waals surface area contributed by atoms with Gasteiger partial charge in [-0.15, -0.1) is 0 Å². The average Bonchev–Trinajstić information content (AvgIpc) is 2.38. The molecule has 0 spiro atoms. The zero-order valence-corrected chi connectivity index (χ0v) is 9.44. The van der Waals surface area contributed by atoms with Crippen LogP contribution in [0.2, 0.25) is 0 Å². The van der Waals surface area contributed by atoms with Gasteiger partial charge in [-0.05, 0) is 13.1 Å². The molecule has 1 aromatic rings. The van der Waals surface area contributed by atoms with Crippen LogP contribution in [0, 0.1) is 10.1 Å². The molecule has 0 saturated heterocycles. The molecule has 7 heteroatoms. The third-order valence-electron chi connectivity index (χ3n) is 1.70. The summed E-state index contributed by atoms with van der Waals surface area (Å²) in [6.45, 7) is -0.623. The van der Waals surface area contributed by atoms with Gasteiger partial charge in [-0.1, -0.05) is 12.1 Å². The molecule has 0 bridgehead atoms. The molecule has 0 aromatic heterocycles. The lowest BCUT2D eigenvalue weighted by Crippen LogP contribution is -2.21. The van der Waals surface area contributed by atoms with Gasteiger partial charge in [0.05, 0.1) is 11.5 Å². The fraction of sp³-hybridized carbons (Fsp3) is 0.400. The summed E-state index contributed by atoms with van der Waals surface area (Å²) >= 11 is 0. The Labute approximate surface area is 98.6 Å². The molecule has 1 atom stereocenters. The van der Waals surface area contributed by atoms with Gasteiger partial charge in [0.15, 0.2) is 5.75 Å². The normalized spacial score (nSPS) is 11.1. The molecule has 0 aliphatic carbocycles. The summed E-state index contributed by atoms with van der Waals surface area (Å²) in [6, 6.07) is 5.85. The van der Waals surface area contributed by atoms with E-state index in [4.69, 9.17) is 14.9 Å². The minimum absolute atomic E-state index is 0.0787. The number of aliphatic hydroxyl groups is 2. The van der Waals surface area contributed by atoms with Gasteiger partial charge in [0, 0.05) is 6.07 Å². The van der Waals surface area contributed by atoms with E-state index in [2.05, 4.69) is 5.73 Å². The van der Waals surface area contributed by atoms with Gasteiger partial charge >= 0.3 is 5.69 Å². The summed E-state index contributed by atoms with van der Waals surface area (Å²) < 4.78 is 5.00. The van der Waals surface area contributed by atoms with Crippen LogP contribution in [0.25, 0.3) is 0 Å². The highest BCUT2D eigenvalue weighted by Crippen LogP contribution is 2.25. The number of aliphatic hydroxyl groups excluding tert-OH is 2. The summed E-state index contributed by atoms with van der Waals surface area (Å²) in [5, 5.41) is 28.1. The molecule has 0 aliphatic rings. The van der Waals surface area contributed by atoms with E-state index in [1.165, 1.54) is 25.2 Å². The zero-order valence-electron chi connectivity index (χ0n) is 9.44. The Kier molecular flexibility index (Phi) is 7.61. The molecule has 1 unspecified atom stereocenters. The number of nitro groups is 1. The van der Waals surface area contributed by atoms with Crippen molar-refractivity contribution in [1.82, 2.24) is 0 Å². The first kappa shape index (κ1) is 15.3. The smallest absolute Gasteiger partial charge is 0.310 e. The third-order valence-corrected chi connectivity index (χ3v) is 1.70. The van der Waals surface area contributed by atoms with E-state index in [0.29, 0.717) is 0 Å². The molecule has 0 aliphatic heterocycles. The Hall–Kier alpha value is -1.70. The summed E-state index contributed by atoms with van der Waals surface area (Å²) in [5.41, 5.74) is 4.34. The molecule has 0 fully saturated rings. The number of nitro benzene ring substituents is 1. The van der Waals surface area contributed by atoms with Crippen molar-refractivity contribution in [3.63, 3.8) is 0 Å². The van der Waals surface area contributed by atoms with E-state index in [1.54, 1.807) is 6.07 Å². The summed E-state index contributed by atoms with van der Waals surface area (Å²) in [4.78, 5) is 9.98. The van der Waals surface area contributed by atoms with E-state index in [9.17, 15) is 10.1 Å². The molecule has 0 amide bonds. The highest BCUT2D eigenvalue weighted by atomic mass is 16.6. The fourth-order valence-corrected chi connectivity index (χ4v) is 0.969. The van der Waals surface area contributed by atoms with Crippen LogP contribution in [0.3, 0.4) is 0 Å². The largest absolute Gasteiger partial charge is 0.484 e. The quantitative estimate of drug-likeness (QED) is 0.491. The van der Waals surface area contributed by atoms with Gasteiger partial charge in [-0.2, -0.15) is 0 Å². The van der Waals surface area contributed by atoms with Gasteiger partial charge in [-0.3, -0.25) is 10.1 Å². The van der Waals surface area contributed by atoms with Crippen molar-refractivity contribution in [2.75, 3.05) is 20.3 Å². The topological polar surface area (TPSA) is 119 Å². The number of ether oxygens (including phenoxy) is 1. The lowest BCUT2D eigenvalue weighted by Gasteiger charge is -2.09. The second-order valence-corrected chi connectivity index (χ2v) is 2.87. The molecule has 1 rings (SSSR count). The molecular formula is C10H16N2O5. The Morgan fingerprint density at radius 2 is 2.06 bits per heavy atom. The number of para-hydroxylation sites is 2. The van der Waals surface area contributed by atoms with Crippen LogP contribution in [-0.4, -0.2) is 41.5 Å². The lowest BCUT2D eigenvalue weighted by molar-refractivity contribution is -0.385. The number of hydrogen-bond acceptors (Lipinski definition) is 6. The standard InChI is InChI=1S/C9H11NO5.CH5N/c11-5-7(12)6-15-9-4-2-1-3-8(9)10(13)14;1-2/h1-4,7,11-12H,5-6H2;2H2,1H3. The first-order valence-corrected chi connectivity index (χ1v) is 4.88. The van der Waals surface area contributed by atoms with Crippen molar-refractivity contribution >= 4 is 5.69 Å². The lowest BCUT2D eigenvalue weighted by atomic mass is 10.3. The third kappa shape index (κ3) is 5.25. The molecule has 0 saturated carbocycles. The van der Waals surface area contributed by atoms with Crippen LogP contribution in [0.4, 0.5) is 5.69 Å². The number of benzene rings is 1. The Balaban J connectivity index is 0.00000121. The molecule has 17 heavy (non-hydrogen) atoms. The predicted molar refractivity (Wildman–Crippen MR) is 61.8 cm³/mol. The molecule has 1 aromatic carbocycles. The summed E-state index contributed by atoms with van der Waals surface area (Å²) in [7, 11) is 1.50. The zero-order chi connectivity index (χ0) is 13.3. The highest BCUT2D eigenvalue weighted by Gasteiger charge is 2.14. The van der Waals surface area contributed by atoms with Crippen molar-refractivity contribution in [2.45, 2.75) is 6.10 Å². The second-order valence-electron chi connectivity index (χ2n) is 2.87. The van der Waals surface area contributed by atoms with Crippen LogP contribution in [0.5, 0.6) is 5.75 Å². The summed E-state index contributed by atoms with van der Waals surface area (Å²) in [5.74, 6) is 0.0787. The highest BCUT2D eigenvalue weighted by molar-refractivity contribution is 5.45. The van der Waals surface area contributed by atoms with Crippen molar-refractivity contribution in [1.29, 1.82) is 0 Å².